The summed E-state index contributed by atoms with van der Waals surface area (Å²) in [6.45, 7) is 13.4. The monoisotopic (exact) mass is 275 g/mol. The summed E-state index contributed by atoms with van der Waals surface area (Å²) >= 11 is 0. The molecule has 2 rings (SSSR count). The second kappa shape index (κ2) is 6.57. The minimum absolute atomic E-state index is 0.409. The van der Waals surface area contributed by atoms with Crippen molar-refractivity contribution >= 4 is 5.82 Å². The van der Waals surface area contributed by atoms with E-state index < -0.39 is 0 Å². The molecular formula is C17H29N3. The Kier molecular flexibility index (Phi) is 5.03. The van der Waals surface area contributed by atoms with E-state index in [0.717, 1.165) is 32.0 Å². The summed E-state index contributed by atoms with van der Waals surface area (Å²) in [6, 6.07) is 4.36. The zero-order valence-corrected chi connectivity index (χ0v) is 13.4. The summed E-state index contributed by atoms with van der Waals surface area (Å²) in [5.41, 5.74) is 1.74. The number of anilines is 1. The predicted molar refractivity (Wildman–Crippen MR) is 86.0 cm³/mol. The van der Waals surface area contributed by atoms with Crippen LogP contribution in [0.15, 0.2) is 18.3 Å². The average molecular weight is 275 g/mol. The fourth-order valence-electron chi connectivity index (χ4n) is 2.87. The Bertz CT molecular complexity index is 426. The van der Waals surface area contributed by atoms with E-state index in [1.807, 2.05) is 6.20 Å². The number of pyridine rings is 1. The van der Waals surface area contributed by atoms with Gasteiger partial charge in [-0.3, -0.25) is 0 Å². The van der Waals surface area contributed by atoms with Crippen LogP contribution in [0.3, 0.4) is 0 Å². The molecule has 1 aromatic rings. The van der Waals surface area contributed by atoms with Crippen LogP contribution in [0.4, 0.5) is 5.82 Å². The summed E-state index contributed by atoms with van der Waals surface area (Å²) in [5, 5.41) is 3.50. The maximum atomic E-state index is 4.57. The number of hydrogen-bond acceptors (Lipinski definition) is 3. The molecule has 0 saturated carbocycles. The highest BCUT2D eigenvalue weighted by Gasteiger charge is 2.26. The van der Waals surface area contributed by atoms with Crippen molar-refractivity contribution in [3.63, 3.8) is 0 Å². The molecule has 0 atom stereocenters. The van der Waals surface area contributed by atoms with Crippen molar-refractivity contribution in [3.05, 3.63) is 23.9 Å². The fraction of sp³-hybridized carbons (Fsp3) is 0.706. The van der Waals surface area contributed by atoms with Crippen LogP contribution in [-0.4, -0.2) is 24.6 Å². The predicted octanol–water partition coefficient (Wildman–Crippen LogP) is 3.45. The summed E-state index contributed by atoms with van der Waals surface area (Å²) in [7, 11) is 0. The Morgan fingerprint density at radius 3 is 2.90 bits per heavy atom. The van der Waals surface area contributed by atoms with Gasteiger partial charge in [0, 0.05) is 25.8 Å². The molecule has 1 N–H and O–H groups in total. The van der Waals surface area contributed by atoms with Gasteiger partial charge in [-0.05, 0) is 48.4 Å². The van der Waals surface area contributed by atoms with Gasteiger partial charge in [-0.2, -0.15) is 0 Å². The second-order valence-corrected chi connectivity index (χ2v) is 7.24. The molecule has 1 fully saturated rings. The minimum atomic E-state index is 0.409. The quantitative estimate of drug-likeness (QED) is 0.892. The van der Waals surface area contributed by atoms with Gasteiger partial charge >= 0.3 is 0 Å². The molecule has 20 heavy (non-hydrogen) atoms. The number of nitrogens with one attached hydrogen (secondary N) is 1. The first-order valence-corrected chi connectivity index (χ1v) is 7.87. The topological polar surface area (TPSA) is 28.2 Å². The van der Waals surface area contributed by atoms with Crippen LogP contribution in [0.5, 0.6) is 0 Å². The van der Waals surface area contributed by atoms with E-state index in [1.54, 1.807) is 0 Å². The second-order valence-electron chi connectivity index (χ2n) is 7.24. The molecule has 0 spiro atoms. The van der Waals surface area contributed by atoms with Crippen molar-refractivity contribution < 1.29 is 0 Å². The molecule has 112 valence electrons. The van der Waals surface area contributed by atoms with E-state index in [2.05, 4.69) is 55.0 Å². The highest BCUT2D eigenvalue weighted by molar-refractivity contribution is 5.41. The van der Waals surface area contributed by atoms with Crippen LogP contribution in [0.1, 0.15) is 46.1 Å². The Balaban J connectivity index is 1.98. The first-order chi connectivity index (χ1) is 9.46. The van der Waals surface area contributed by atoms with Gasteiger partial charge in [-0.15, -0.1) is 0 Å². The normalized spacial score (nSPS) is 18.6. The molecule has 1 saturated heterocycles. The van der Waals surface area contributed by atoms with Crippen molar-refractivity contribution in [1.29, 1.82) is 0 Å². The number of hydrogen-bond donors (Lipinski definition) is 1. The van der Waals surface area contributed by atoms with Crippen molar-refractivity contribution in [1.82, 2.24) is 10.3 Å². The largest absolute Gasteiger partial charge is 0.356 e. The Hall–Kier alpha value is -1.09. The first-order valence-electron chi connectivity index (χ1n) is 7.87. The van der Waals surface area contributed by atoms with Gasteiger partial charge in [0.25, 0.3) is 0 Å². The Morgan fingerprint density at radius 1 is 1.40 bits per heavy atom. The lowest BCUT2D eigenvalue weighted by atomic mass is 9.84. The van der Waals surface area contributed by atoms with Gasteiger partial charge in [-0.1, -0.05) is 27.7 Å². The van der Waals surface area contributed by atoms with Crippen LogP contribution in [0.2, 0.25) is 0 Å². The number of aromatic nitrogens is 1. The Labute approximate surface area is 123 Å². The third kappa shape index (κ3) is 4.48. The molecule has 0 amide bonds. The molecule has 2 heterocycles. The van der Waals surface area contributed by atoms with Gasteiger partial charge in [-0.25, -0.2) is 4.98 Å². The van der Waals surface area contributed by atoms with Crippen molar-refractivity contribution in [2.45, 2.75) is 47.1 Å². The lowest BCUT2D eigenvalue weighted by Gasteiger charge is -2.38. The zero-order valence-electron chi connectivity index (χ0n) is 13.4. The van der Waals surface area contributed by atoms with Gasteiger partial charge in [0.1, 0.15) is 5.82 Å². The van der Waals surface area contributed by atoms with Gasteiger partial charge in [0.15, 0.2) is 0 Å². The Morgan fingerprint density at radius 2 is 2.20 bits per heavy atom. The molecule has 0 aliphatic carbocycles. The number of rotatable bonds is 5. The van der Waals surface area contributed by atoms with Crippen LogP contribution < -0.4 is 10.2 Å². The van der Waals surface area contributed by atoms with Crippen LogP contribution in [-0.2, 0) is 6.54 Å². The summed E-state index contributed by atoms with van der Waals surface area (Å²) in [5.74, 6) is 1.83. The minimum Gasteiger partial charge on any atom is -0.356 e. The molecule has 3 nitrogen and oxygen atoms in total. The summed E-state index contributed by atoms with van der Waals surface area (Å²) < 4.78 is 0. The molecule has 1 aliphatic rings. The molecule has 1 aromatic heterocycles. The third-order valence-corrected chi connectivity index (χ3v) is 3.92. The van der Waals surface area contributed by atoms with E-state index >= 15 is 0 Å². The molecule has 0 aromatic carbocycles. The van der Waals surface area contributed by atoms with Crippen LogP contribution >= 0.6 is 0 Å². The molecule has 0 bridgehead atoms. The van der Waals surface area contributed by atoms with Gasteiger partial charge in [0.05, 0.1) is 0 Å². The summed E-state index contributed by atoms with van der Waals surface area (Å²) in [6.07, 6.45) is 4.53. The lowest BCUT2D eigenvalue weighted by molar-refractivity contribution is 0.292. The van der Waals surface area contributed by atoms with Crippen LogP contribution in [0, 0.1) is 11.3 Å². The zero-order chi connectivity index (χ0) is 14.6. The maximum absolute atomic E-state index is 4.57. The fourth-order valence-corrected chi connectivity index (χ4v) is 2.87. The van der Waals surface area contributed by atoms with Crippen LogP contribution in [0.25, 0.3) is 0 Å². The van der Waals surface area contributed by atoms with E-state index in [0.29, 0.717) is 11.3 Å². The molecule has 1 aliphatic heterocycles. The van der Waals surface area contributed by atoms with Gasteiger partial charge < -0.3 is 10.2 Å². The van der Waals surface area contributed by atoms with Crippen molar-refractivity contribution in [2.75, 3.05) is 24.5 Å². The van der Waals surface area contributed by atoms with Crippen molar-refractivity contribution in [2.24, 2.45) is 11.3 Å². The van der Waals surface area contributed by atoms with Gasteiger partial charge in [0.2, 0.25) is 0 Å². The SMILES string of the molecule is CC(C)CNCc1ccnc(N2CCCC(C)(C)C2)c1. The average Bonchev–Trinajstić information content (AvgIpc) is 2.37. The van der Waals surface area contributed by atoms with Crippen molar-refractivity contribution in [3.8, 4) is 0 Å². The first kappa shape index (κ1) is 15.3. The van der Waals surface area contributed by atoms with E-state index in [1.165, 1.54) is 18.4 Å². The third-order valence-electron chi connectivity index (χ3n) is 3.92. The van der Waals surface area contributed by atoms with E-state index in [4.69, 9.17) is 0 Å². The molecular weight excluding hydrogens is 246 g/mol. The smallest absolute Gasteiger partial charge is 0.128 e. The highest BCUT2D eigenvalue weighted by atomic mass is 15.2. The lowest BCUT2D eigenvalue weighted by Crippen LogP contribution is -2.40. The molecule has 3 heteroatoms. The van der Waals surface area contributed by atoms with E-state index in [9.17, 15) is 0 Å². The molecule has 0 radical (unpaired) electrons. The highest BCUT2D eigenvalue weighted by Crippen LogP contribution is 2.30. The maximum Gasteiger partial charge on any atom is 0.128 e. The number of piperidine rings is 1. The van der Waals surface area contributed by atoms with E-state index in [-0.39, 0.29) is 0 Å². The number of nitrogens with zero attached hydrogens (tertiary/aromatic N) is 2. The standard InChI is InChI=1S/C17H29N3/c1-14(2)11-18-12-15-6-8-19-16(10-15)20-9-5-7-17(3,4)13-20/h6,8,10,14,18H,5,7,9,11-13H2,1-4H3. The summed E-state index contributed by atoms with van der Waals surface area (Å²) in [4.78, 5) is 7.01. The molecule has 0 unspecified atom stereocenters.